The molecular weight excluding hydrogens is 527 g/mol. The van der Waals surface area contributed by atoms with E-state index in [0.717, 1.165) is 5.56 Å². The number of rotatable bonds is 6. The number of hydrogen-bond donors (Lipinski definition) is 3. The number of para-hydroxylation sites is 1. The molecule has 0 saturated carbocycles. The SMILES string of the molecule is COc1cccc2cc(C(=O)Nc3ccc(Cl)c(Cl)c3)n(NC(=O)C(=O)NCc3ccc(Cl)cc3)c12. The van der Waals surface area contributed by atoms with Crippen molar-refractivity contribution >= 4 is 69.1 Å². The maximum absolute atomic E-state index is 13.2. The van der Waals surface area contributed by atoms with Crippen molar-refractivity contribution in [3.63, 3.8) is 0 Å². The zero-order valence-corrected chi connectivity index (χ0v) is 21.0. The van der Waals surface area contributed by atoms with Gasteiger partial charge in [-0.2, -0.15) is 0 Å². The molecule has 1 heterocycles. The van der Waals surface area contributed by atoms with E-state index in [-0.39, 0.29) is 17.3 Å². The summed E-state index contributed by atoms with van der Waals surface area (Å²) < 4.78 is 6.63. The molecule has 0 atom stereocenters. The Hall–Kier alpha value is -3.72. The predicted octanol–water partition coefficient (Wildman–Crippen LogP) is 5.25. The molecule has 36 heavy (non-hydrogen) atoms. The highest BCUT2D eigenvalue weighted by Gasteiger charge is 2.23. The molecule has 4 rings (SSSR count). The second-order valence-corrected chi connectivity index (χ2v) is 8.85. The summed E-state index contributed by atoms with van der Waals surface area (Å²) in [5.41, 5.74) is 4.11. The average Bonchev–Trinajstić information content (AvgIpc) is 3.24. The van der Waals surface area contributed by atoms with E-state index in [2.05, 4.69) is 16.1 Å². The van der Waals surface area contributed by atoms with Crippen molar-refractivity contribution in [3.05, 3.63) is 93.1 Å². The van der Waals surface area contributed by atoms with Crippen molar-refractivity contribution in [2.75, 3.05) is 17.9 Å². The van der Waals surface area contributed by atoms with Crippen LogP contribution in [-0.4, -0.2) is 29.5 Å². The van der Waals surface area contributed by atoms with Crippen LogP contribution in [0.25, 0.3) is 10.9 Å². The van der Waals surface area contributed by atoms with Gasteiger partial charge in [0.1, 0.15) is 17.0 Å². The molecule has 0 bridgehead atoms. The molecular formula is C25H19Cl3N4O4. The van der Waals surface area contributed by atoms with Gasteiger partial charge >= 0.3 is 11.8 Å². The summed E-state index contributed by atoms with van der Waals surface area (Å²) in [6.45, 7) is 0.115. The van der Waals surface area contributed by atoms with Crippen LogP contribution in [0.5, 0.6) is 5.75 Å². The molecule has 0 aliphatic heterocycles. The van der Waals surface area contributed by atoms with Crippen LogP contribution in [0.1, 0.15) is 16.1 Å². The molecule has 0 aliphatic rings. The molecule has 3 amide bonds. The van der Waals surface area contributed by atoms with E-state index in [1.165, 1.54) is 17.9 Å². The number of carbonyl (C=O) groups is 3. The number of hydrogen-bond acceptors (Lipinski definition) is 4. The average molecular weight is 546 g/mol. The minimum absolute atomic E-state index is 0.0550. The van der Waals surface area contributed by atoms with Crippen molar-refractivity contribution in [2.45, 2.75) is 6.54 Å². The number of amides is 3. The standard InChI is InChI=1S/C25H19Cl3N4O4/c1-36-21-4-2-3-15-11-20(23(33)30-17-9-10-18(27)19(28)12-17)32(22(15)21)31-25(35)24(34)29-13-14-5-7-16(26)8-6-14/h2-12H,13H2,1H3,(H,29,34)(H,30,33)(H,31,35). The number of anilines is 1. The van der Waals surface area contributed by atoms with Crippen LogP contribution >= 0.6 is 34.8 Å². The molecule has 0 unspecified atom stereocenters. The van der Waals surface area contributed by atoms with Gasteiger partial charge in [0.15, 0.2) is 0 Å². The van der Waals surface area contributed by atoms with Crippen molar-refractivity contribution < 1.29 is 19.1 Å². The zero-order chi connectivity index (χ0) is 25.8. The van der Waals surface area contributed by atoms with Gasteiger partial charge in [-0.05, 0) is 48.0 Å². The van der Waals surface area contributed by atoms with E-state index in [4.69, 9.17) is 39.5 Å². The number of aromatic nitrogens is 1. The number of benzene rings is 3. The zero-order valence-electron chi connectivity index (χ0n) is 18.8. The smallest absolute Gasteiger partial charge is 0.328 e. The highest BCUT2D eigenvalue weighted by Crippen LogP contribution is 2.29. The fourth-order valence-electron chi connectivity index (χ4n) is 3.46. The first-order valence-electron chi connectivity index (χ1n) is 10.6. The molecule has 11 heteroatoms. The lowest BCUT2D eigenvalue weighted by molar-refractivity contribution is -0.136. The van der Waals surface area contributed by atoms with Gasteiger partial charge in [0, 0.05) is 22.6 Å². The molecule has 0 spiro atoms. The quantitative estimate of drug-likeness (QED) is 0.288. The van der Waals surface area contributed by atoms with E-state index < -0.39 is 17.7 Å². The summed E-state index contributed by atoms with van der Waals surface area (Å²) in [4.78, 5) is 38.5. The van der Waals surface area contributed by atoms with Gasteiger partial charge < -0.3 is 15.4 Å². The van der Waals surface area contributed by atoms with Gasteiger partial charge in [0.05, 0.1) is 17.2 Å². The third kappa shape index (κ3) is 5.57. The van der Waals surface area contributed by atoms with Crippen molar-refractivity contribution in [3.8, 4) is 5.75 Å². The summed E-state index contributed by atoms with van der Waals surface area (Å²) in [5.74, 6) is -2.04. The van der Waals surface area contributed by atoms with Crippen LogP contribution in [-0.2, 0) is 16.1 Å². The van der Waals surface area contributed by atoms with Gasteiger partial charge in [0.25, 0.3) is 5.91 Å². The molecule has 3 N–H and O–H groups in total. The Balaban J connectivity index is 1.60. The van der Waals surface area contributed by atoms with Crippen molar-refractivity contribution in [1.29, 1.82) is 0 Å². The van der Waals surface area contributed by atoms with Gasteiger partial charge in [-0.1, -0.05) is 59.1 Å². The Morgan fingerprint density at radius 3 is 2.33 bits per heavy atom. The van der Waals surface area contributed by atoms with E-state index in [9.17, 15) is 14.4 Å². The molecule has 0 radical (unpaired) electrons. The number of nitrogens with zero attached hydrogens (tertiary/aromatic N) is 1. The number of carbonyl (C=O) groups excluding carboxylic acids is 3. The summed E-state index contributed by atoms with van der Waals surface area (Å²) >= 11 is 17.9. The summed E-state index contributed by atoms with van der Waals surface area (Å²) in [5, 5.41) is 7.02. The number of methoxy groups -OCH3 is 1. The predicted molar refractivity (Wildman–Crippen MR) is 141 cm³/mol. The molecule has 0 aliphatic carbocycles. The third-order valence-electron chi connectivity index (χ3n) is 5.20. The summed E-state index contributed by atoms with van der Waals surface area (Å²) in [6, 6.07) is 18.2. The molecule has 0 fully saturated rings. The first-order valence-corrected chi connectivity index (χ1v) is 11.7. The largest absolute Gasteiger partial charge is 0.494 e. The summed E-state index contributed by atoms with van der Waals surface area (Å²) in [7, 11) is 1.46. The van der Waals surface area contributed by atoms with E-state index in [0.29, 0.717) is 32.4 Å². The highest BCUT2D eigenvalue weighted by molar-refractivity contribution is 6.42. The Morgan fingerprint density at radius 1 is 0.889 bits per heavy atom. The van der Waals surface area contributed by atoms with Crippen molar-refractivity contribution in [1.82, 2.24) is 9.99 Å². The van der Waals surface area contributed by atoms with Crippen LogP contribution in [0, 0.1) is 0 Å². The number of nitrogens with one attached hydrogen (secondary N) is 3. The monoisotopic (exact) mass is 544 g/mol. The first-order chi connectivity index (χ1) is 17.3. The molecule has 184 valence electrons. The lowest BCUT2D eigenvalue weighted by Gasteiger charge is -2.14. The molecule has 3 aromatic carbocycles. The maximum Gasteiger partial charge on any atom is 0.328 e. The fraction of sp³-hybridized carbons (Fsp3) is 0.0800. The van der Waals surface area contributed by atoms with E-state index >= 15 is 0 Å². The minimum atomic E-state index is -0.976. The molecule has 1 aromatic heterocycles. The topological polar surface area (TPSA) is 101 Å². The van der Waals surface area contributed by atoms with Crippen molar-refractivity contribution in [2.24, 2.45) is 0 Å². The molecule has 8 nitrogen and oxygen atoms in total. The molecule has 0 saturated heterocycles. The number of halogens is 3. The number of fused-ring (bicyclic) bond motifs is 1. The maximum atomic E-state index is 13.2. The van der Waals surface area contributed by atoms with Crippen LogP contribution in [0.3, 0.4) is 0 Å². The Labute approximate surface area is 221 Å². The van der Waals surface area contributed by atoms with Crippen LogP contribution in [0.4, 0.5) is 5.69 Å². The Kier molecular flexibility index (Phi) is 7.69. The molecule has 4 aromatic rings. The first kappa shape index (κ1) is 25.4. The lowest BCUT2D eigenvalue weighted by atomic mass is 10.2. The van der Waals surface area contributed by atoms with Gasteiger partial charge in [-0.25, -0.2) is 4.68 Å². The third-order valence-corrected chi connectivity index (χ3v) is 6.19. The van der Waals surface area contributed by atoms with E-state index in [1.807, 2.05) is 0 Å². The minimum Gasteiger partial charge on any atom is -0.494 e. The second kappa shape index (κ2) is 10.9. The Bertz CT molecular complexity index is 1470. The van der Waals surface area contributed by atoms with Crippen LogP contribution in [0.15, 0.2) is 66.7 Å². The van der Waals surface area contributed by atoms with E-state index in [1.54, 1.807) is 60.7 Å². The number of ether oxygens (including phenoxy) is 1. The van der Waals surface area contributed by atoms with Crippen LogP contribution < -0.4 is 20.8 Å². The summed E-state index contributed by atoms with van der Waals surface area (Å²) in [6.07, 6.45) is 0. The lowest BCUT2D eigenvalue weighted by Crippen LogP contribution is -2.39. The van der Waals surface area contributed by atoms with Gasteiger partial charge in [-0.15, -0.1) is 0 Å². The van der Waals surface area contributed by atoms with Gasteiger partial charge in [0.2, 0.25) is 0 Å². The second-order valence-electron chi connectivity index (χ2n) is 7.60. The van der Waals surface area contributed by atoms with Crippen LogP contribution in [0.2, 0.25) is 15.1 Å². The van der Waals surface area contributed by atoms with Gasteiger partial charge in [-0.3, -0.25) is 19.8 Å². The Morgan fingerprint density at radius 2 is 1.64 bits per heavy atom. The normalized spacial score (nSPS) is 10.7. The fourth-order valence-corrected chi connectivity index (χ4v) is 3.89. The highest BCUT2D eigenvalue weighted by atomic mass is 35.5.